The number of aromatic nitrogens is 5. The predicted octanol–water partition coefficient (Wildman–Crippen LogP) is 7.69. The molecule has 0 saturated carbocycles. The minimum Gasteiger partial charge on any atom is -0.265 e. The molecular formula is C28H39N5. The van der Waals surface area contributed by atoms with Gasteiger partial charge in [-0.05, 0) is 44.5 Å². The van der Waals surface area contributed by atoms with E-state index in [0.29, 0.717) is 0 Å². The Morgan fingerprint density at radius 1 is 0.606 bits per heavy atom. The molecule has 33 heavy (non-hydrogen) atoms. The first-order valence-corrected chi connectivity index (χ1v) is 11.7. The molecule has 0 atom stereocenters. The molecule has 0 bridgehead atoms. The van der Waals surface area contributed by atoms with Crippen LogP contribution in [0.1, 0.15) is 58.6 Å². The maximum absolute atomic E-state index is 4.37. The van der Waals surface area contributed by atoms with Crippen molar-refractivity contribution in [2.45, 2.75) is 62.3 Å². The summed E-state index contributed by atoms with van der Waals surface area (Å²) in [7, 11) is 0. The van der Waals surface area contributed by atoms with Crippen LogP contribution in [0.4, 0.5) is 0 Å². The van der Waals surface area contributed by atoms with Crippen LogP contribution in [-0.2, 0) is 0 Å². The van der Waals surface area contributed by atoms with Gasteiger partial charge in [-0.3, -0.25) is 4.98 Å². The van der Waals surface area contributed by atoms with Crippen molar-refractivity contribution < 1.29 is 0 Å². The van der Waals surface area contributed by atoms with Crippen LogP contribution < -0.4 is 0 Å². The van der Waals surface area contributed by atoms with Gasteiger partial charge in [-0.15, -0.1) is 0 Å². The standard InChI is InChI=1S/C11H11N3.C11H10N2.3C2H6/c1-8-7-9(2)14-11(13-8)10-3-5-12-6-4-10;1-9-11(7-12-8-13-9)10-5-3-2-4-6-10;3*1-2/h3-7H,1-2H3;2-8H,1H3;3*1-2H3. The smallest absolute Gasteiger partial charge is 0.159 e. The third kappa shape index (κ3) is 10.6. The average molecular weight is 446 g/mol. The van der Waals surface area contributed by atoms with Crippen molar-refractivity contribution in [1.82, 2.24) is 24.9 Å². The predicted molar refractivity (Wildman–Crippen MR) is 141 cm³/mol. The first kappa shape index (κ1) is 29.5. The third-order valence-corrected chi connectivity index (χ3v) is 3.92. The summed E-state index contributed by atoms with van der Waals surface area (Å²) < 4.78 is 0. The van der Waals surface area contributed by atoms with Gasteiger partial charge in [0.15, 0.2) is 5.82 Å². The lowest BCUT2D eigenvalue weighted by Crippen LogP contribution is -1.94. The first-order valence-electron chi connectivity index (χ1n) is 11.7. The van der Waals surface area contributed by atoms with Crippen LogP contribution in [0.15, 0.2) is 73.4 Å². The van der Waals surface area contributed by atoms with Crippen LogP contribution >= 0.6 is 0 Å². The topological polar surface area (TPSA) is 64.5 Å². The summed E-state index contributed by atoms with van der Waals surface area (Å²) in [6.07, 6.45) is 6.91. The zero-order valence-electron chi connectivity index (χ0n) is 21.7. The van der Waals surface area contributed by atoms with Gasteiger partial charge in [0.05, 0.1) is 0 Å². The second kappa shape index (κ2) is 18.1. The van der Waals surface area contributed by atoms with Crippen molar-refractivity contribution >= 4 is 0 Å². The van der Waals surface area contributed by atoms with Crippen LogP contribution in [0.2, 0.25) is 0 Å². The second-order valence-corrected chi connectivity index (χ2v) is 6.10. The highest BCUT2D eigenvalue weighted by Crippen LogP contribution is 2.19. The highest BCUT2D eigenvalue weighted by atomic mass is 14.9. The minimum absolute atomic E-state index is 0.768. The zero-order valence-corrected chi connectivity index (χ0v) is 21.7. The van der Waals surface area contributed by atoms with E-state index >= 15 is 0 Å². The zero-order chi connectivity index (χ0) is 25.1. The molecule has 0 fully saturated rings. The van der Waals surface area contributed by atoms with Gasteiger partial charge in [0.25, 0.3) is 0 Å². The van der Waals surface area contributed by atoms with Crippen molar-refractivity contribution in [3.8, 4) is 22.5 Å². The van der Waals surface area contributed by atoms with E-state index in [2.05, 4.69) is 37.1 Å². The van der Waals surface area contributed by atoms with Crippen molar-refractivity contribution in [3.63, 3.8) is 0 Å². The summed E-state index contributed by atoms with van der Waals surface area (Å²) >= 11 is 0. The molecule has 0 aliphatic carbocycles. The van der Waals surface area contributed by atoms with E-state index in [9.17, 15) is 0 Å². The fourth-order valence-electron chi connectivity index (χ4n) is 2.65. The maximum atomic E-state index is 4.37. The summed E-state index contributed by atoms with van der Waals surface area (Å²) in [5.41, 5.74) is 6.27. The van der Waals surface area contributed by atoms with Crippen LogP contribution in [0, 0.1) is 20.8 Å². The highest BCUT2D eigenvalue weighted by molar-refractivity contribution is 5.64. The van der Waals surface area contributed by atoms with E-state index in [4.69, 9.17) is 0 Å². The normalized spacial score (nSPS) is 8.76. The maximum Gasteiger partial charge on any atom is 0.159 e. The van der Waals surface area contributed by atoms with Crippen LogP contribution in [-0.4, -0.2) is 24.9 Å². The Morgan fingerprint density at radius 2 is 1.15 bits per heavy atom. The first-order chi connectivity index (χ1) is 16.1. The van der Waals surface area contributed by atoms with E-state index in [-0.39, 0.29) is 0 Å². The number of benzene rings is 1. The monoisotopic (exact) mass is 445 g/mol. The van der Waals surface area contributed by atoms with Gasteiger partial charge in [0.2, 0.25) is 0 Å². The molecule has 3 heterocycles. The van der Waals surface area contributed by atoms with Crippen LogP contribution in [0.5, 0.6) is 0 Å². The Labute approximate surface area is 200 Å². The summed E-state index contributed by atoms with van der Waals surface area (Å²) in [5.74, 6) is 0.768. The lowest BCUT2D eigenvalue weighted by molar-refractivity contribution is 1.06. The number of aryl methyl sites for hydroxylation is 3. The van der Waals surface area contributed by atoms with Gasteiger partial charge >= 0.3 is 0 Å². The summed E-state index contributed by atoms with van der Waals surface area (Å²) in [5, 5.41) is 0. The molecule has 3 aromatic heterocycles. The fourth-order valence-corrected chi connectivity index (χ4v) is 2.65. The van der Waals surface area contributed by atoms with E-state index in [1.807, 2.05) is 105 Å². The lowest BCUT2D eigenvalue weighted by atomic mass is 10.1. The Balaban J connectivity index is 0.000000508. The Bertz CT molecular complexity index is 983. The minimum atomic E-state index is 0.768. The molecule has 0 aliphatic heterocycles. The van der Waals surface area contributed by atoms with Crippen molar-refractivity contribution in [2.75, 3.05) is 0 Å². The van der Waals surface area contributed by atoms with Gasteiger partial charge in [0, 0.05) is 46.8 Å². The highest BCUT2D eigenvalue weighted by Gasteiger charge is 2.02. The van der Waals surface area contributed by atoms with E-state index < -0.39 is 0 Å². The molecule has 5 nitrogen and oxygen atoms in total. The van der Waals surface area contributed by atoms with Gasteiger partial charge in [-0.1, -0.05) is 71.9 Å². The molecule has 1 aromatic carbocycles. The molecule has 5 heteroatoms. The lowest BCUT2D eigenvalue weighted by Gasteiger charge is -2.02. The van der Waals surface area contributed by atoms with Gasteiger partial charge in [0.1, 0.15) is 6.33 Å². The third-order valence-electron chi connectivity index (χ3n) is 3.92. The Morgan fingerprint density at radius 3 is 1.67 bits per heavy atom. The van der Waals surface area contributed by atoms with E-state index in [1.54, 1.807) is 18.7 Å². The van der Waals surface area contributed by atoms with Gasteiger partial charge in [-0.2, -0.15) is 0 Å². The number of nitrogens with zero attached hydrogens (tertiary/aromatic N) is 5. The number of hydrogen-bond acceptors (Lipinski definition) is 5. The van der Waals surface area contributed by atoms with E-state index in [1.165, 1.54) is 5.56 Å². The summed E-state index contributed by atoms with van der Waals surface area (Å²) in [4.78, 5) is 20.8. The summed E-state index contributed by atoms with van der Waals surface area (Å²) in [6.45, 7) is 17.9. The molecule has 0 radical (unpaired) electrons. The van der Waals surface area contributed by atoms with Crippen molar-refractivity contribution in [2.24, 2.45) is 0 Å². The molecule has 0 spiro atoms. The summed E-state index contributed by atoms with van der Waals surface area (Å²) in [6, 6.07) is 15.9. The van der Waals surface area contributed by atoms with Crippen LogP contribution in [0.25, 0.3) is 22.5 Å². The quantitative estimate of drug-likeness (QED) is 0.316. The van der Waals surface area contributed by atoms with Crippen molar-refractivity contribution in [3.05, 3.63) is 90.5 Å². The molecule has 176 valence electrons. The molecule has 4 aromatic rings. The molecule has 0 aliphatic rings. The number of hydrogen-bond donors (Lipinski definition) is 0. The molecule has 0 saturated heterocycles. The van der Waals surface area contributed by atoms with Crippen LogP contribution in [0.3, 0.4) is 0 Å². The SMILES string of the molecule is CC.CC.CC.Cc1cc(C)nc(-c2ccncc2)n1.Cc1ncncc1-c1ccccc1. The number of rotatable bonds is 2. The average Bonchev–Trinajstić information content (AvgIpc) is 2.89. The molecule has 0 amide bonds. The van der Waals surface area contributed by atoms with Gasteiger partial charge < -0.3 is 0 Å². The van der Waals surface area contributed by atoms with Gasteiger partial charge in [-0.25, -0.2) is 19.9 Å². The number of pyridine rings is 1. The fraction of sp³-hybridized carbons (Fsp3) is 0.321. The largest absolute Gasteiger partial charge is 0.265 e. The molecule has 4 rings (SSSR count). The van der Waals surface area contributed by atoms with Crippen molar-refractivity contribution in [1.29, 1.82) is 0 Å². The Hall–Kier alpha value is -3.47. The molecule has 0 N–H and O–H groups in total. The second-order valence-electron chi connectivity index (χ2n) is 6.10. The molecule has 0 unspecified atom stereocenters. The van der Waals surface area contributed by atoms with E-state index in [0.717, 1.165) is 34.0 Å². The molecular weight excluding hydrogens is 406 g/mol. The Kier molecular flexibility index (Phi) is 16.2.